The minimum Gasteiger partial charge on any atom is -0.489 e. The lowest BCUT2D eigenvalue weighted by molar-refractivity contribution is 0.0566. The summed E-state index contributed by atoms with van der Waals surface area (Å²) in [6, 6.07) is 20.7. The first-order chi connectivity index (χ1) is 18.6. The second-order valence-corrected chi connectivity index (χ2v) is 10.9. The number of hydrogen-bond donors (Lipinski definition) is 2. The van der Waals surface area contributed by atoms with Crippen LogP contribution in [0.1, 0.15) is 49.9 Å². The zero-order chi connectivity index (χ0) is 26.1. The van der Waals surface area contributed by atoms with Crippen LogP contribution in [-0.2, 0) is 13.0 Å². The molecule has 0 bridgehead atoms. The van der Waals surface area contributed by atoms with E-state index in [1.807, 2.05) is 42.5 Å². The van der Waals surface area contributed by atoms with Gasteiger partial charge in [0.2, 0.25) is 0 Å². The van der Waals surface area contributed by atoms with Crippen LogP contribution in [0.5, 0.6) is 5.75 Å². The quantitative estimate of drug-likeness (QED) is 0.337. The molecule has 7 heteroatoms. The smallest absolute Gasteiger partial charge is 0.164 e. The summed E-state index contributed by atoms with van der Waals surface area (Å²) in [4.78, 5) is 12.3. The number of nitrogens with zero attached hydrogens (tertiary/aromatic N) is 4. The number of aromatic nitrogens is 3. The molecule has 0 spiro atoms. The van der Waals surface area contributed by atoms with Gasteiger partial charge in [0.15, 0.2) is 5.82 Å². The molecule has 3 heterocycles. The molecular weight excluding hydrogens is 474 g/mol. The Hall–Kier alpha value is -3.42. The molecule has 0 unspecified atom stereocenters. The first kappa shape index (κ1) is 24.9. The van der Waals surface area contributed by atoms with E-state index in [0.29, 0.717) is 30.2 Å². The van der Waals surface area contributed by atoms with Crippen molar-refractivity contribution in [1.29, 1.82) is 0 Å². The molecule has 0 atom stereocenters. The molecule has 2 aromatic carbocycles. The molecule has 0 radical (unpaired) electrons. The number of fused-ring (bicyclic) bond motifs is 1. The zero-order valence-electron chi connectivity index (χ0n) is 22.1. The van der Waals surface area contributed by atoms with E-state index >= 15 is 0 Å². The Morgan fingerprint density at radius 1 is 1.00 bits per heavy atom. The minimum atomic E-state index is -0.116. The Labute approximate surface area is 224 Å². The lowest BCUT2D eigenvalue weighted by Crippen LogP contribution is -2.42. The fraction of sp³-hybridized carbons (Fsp3) is 0.419. The van der Waals surface area contributed by atoms with E-state index in [1.165, 1.54) is 5.69 Å². The molecule has 2 fully saturated rings. The van der Waals surface area contributed by atoms with Crippen LogP contribution in [0.15, 0.2) is 60.7 Å². The van der Waals surface area contributed by atoms with Crippen molar-refractivity contribution in [3.8, 4) is 17.1 Å². The number of aliphatic hydroxyl groups excluding tert-OH is 1. The van der Waals surface area contributed by atoms with Crippen molar-refractivity contribution in [1.82, 2.24) is 19.4 Å². The van der Waals surface area contributed by atoms with E-state index in [0.717, 1.165) is 79.6 Å². The molecule has 198 valence electrons. The standard InChI is InChI=1S/C31H37N5O2/c1-2-24-18-28-29(32)33-30(23-9-6-10-27(17-23)38-20-21-7-4-3-5-8-21)34-31(28)36(24)25-15-22(16-25)19-35-13-11-26(37)12-14-35/h3-10,17-18,22,25-26,37H,2,11-16,19-20H2,1H3,(H2,32,33,34)/t22-,25+. The Balaban J connectivity index is 1.22. The van der Waals surface area contributed by atoms with Gasteiger partial charge >= 0.3 is 0 Å². The van der Waals surface area contributed by atoms with Crippen LogP contribution in [0.25, 0.3) is 22.4 Å². The average Bonchev–Trinajstić information content (AvgIpc) is 3.30. The van der Waals surface area contributed by atoms with Crippen molar-refractivity contribution >= 4 is 16.9 Å². The molecule has 0 amide bonds. The number of piperidine rings is 1. The van der Waals surface area contributed by atoms with Gasteiger partial charge in [0.1, 0.15) is 23.8 Å². The highest BCUT2D eigenvalue weighted by atomic mass is 16.5. The molecule has 1 saturated carbocycles. The normalized spacial score (nSPS) is 20.5. The van der Waals surface area contributed by atoms with Crippen molar-refractivity contribution < 1.29 is 9.84 Å². The van der Waals surface area contributed by atoms with Crippen molar-refractivity contribution in [2.75, 3.05) is 25.4 Å². The van der Waals surface area contributed by atoms with Crippen molar-refractivity contribution in [2.24, 2.45) is 5.92 Å². The Morgan fingerprint density at radius 2 is 1.79 bits per heavy atom. The second kappa shape index (κ2) is 10.8. The van der Waals surface area contributed by atoms with Gasteiger partial charge in [0, 0.05) is 36.9 Å². The number of rotatable bonds is 8. The molecule has 2 aromatic heterocycles. The van der Waals surface area contributed by atoms with Gasteiger partial charge < -0.3 is 25.0 Å². The third-order valence-electron chi connectivity index (χ3n) is 8.16. The van der Waals surface area contributed by atoms with E-state index in [9.17, 15) is 5.11 Å². The van der Waals surface area contributed by atoms with Crippen LogP contribution in [0, 0.1) is 5.92 Å². The maximum Gasteiger partial charge on any atom is 0.164 e. The van der Waals surface area contributed by atoms with Crippen molar-refractivity contribution in [2.45, 2.75) is 57.8 Å². The van der Waals surface area contributed by atoms with E-state index in [4.69, 9.17) is 20.4 Å². The fourth-order valence-electron chi connectivity index (χ4n) is 5.97. The summed E-state index contributed by atoms with van der Waals surface area (Å²) in [5.41, 5.74) is 10.7. The number of benzene rings is 2. The second-order valence-electron chi connectivity index (χ2n) is 10.9. The van der Waals surface area contributed by atoms with Gasteiger partial charge in [-0.1, -0.05) is 49.4 Å². The summed E-state index contributed by atoms with van der Waals surface area (Å²) in [6.45, 7) is 5.85. The maximum atomic E-state index is 9.81. The lowest BCUT2D eigenvalue weighted by atomic mass is 9.79. The summed E-state index contributed by atoms with van der Waals surface area (Å²) in [7, 11) is 0. The van der Waals surface area contributed by atoms with Gasteiger partial charge in [0.05, 0.1) is 11.5 Å². The maximum absolute atomic E-state index is 9.81. The monoisotopic (exact) mass is 511 g/mol. The van der Waals surface area contributed by atoms with Gasteiger partial charge in [-0.15, -0.1) is 0 Å². The first-order valence-electron chi connectivity index (χ1n) is 13.9. The minimum absolute atomic E-state index is 0.116. The highest BCUT2D eigenvalue weighted by Crippen LogP contribution is 2.42. The van der Waals surface area contributed by atoms with Crippen molar-refractivity contribution in [3.63, 3.8) is 0 Å². The third kappa shape index (κ3) is 5.13. The van der Waals surface area contributed by atoms with E-state index in [1.54, 1.807) is 0 Å². The Kier molecular flexibility index (Phi) is 7.04. The summed E-state index contributed by atoms with van der Waals surface area (Å²) in [5.74, 6) is 2.63. The van der Waals surface area contributed by atoms with Gasteiger partial charge in [-0.25, -0.2) is 9.97 Å². The number of nitrogen functional groups attached to an aromatic ring is 1. The highest BCUT2D eigenvalue weighted by Gasteiger charge is 2.34. The largest absolute Gasteiger partial charge is 0.489 e. The van der Waals surface area contributed by atoms with Crippen LogP contribution in [0.2, 0.25) is 0 Å². The van der Waals surface area contributed by atoms with Crippen molar-refractivity contribution in [3.05, 3.63) is 71.9 Å². The number of ether oxygens (including phenoxy) is 1. The molecule has 1 saturated heterocycles. The molecule has 7 nitrogen and oxygen atoms in total. The van der Waals surface area contributed by atoms with E-state index in [2.05, 4.69) is 34.6 Å². The van der Waals surface area contributed by atoms with Gasteiger partial charge in [-0.05, 0) is 61.8 Å². The van der Waals surface area contributed by atoms with Crippen LogP contribution in [0.4, 0.5) is 5.82 Å². The number of hydrogen-bond acceptors (Lipinski definition) is 6. The predicted octanol–water partition coefficient (Wildman–Crippen LogP) is 5.23. The van der Waals surface area contributed by atoms with Gasteiger partial charge in [-0.3, -0.25) is 0 Å². The molecule has 2 aliphatic rings. The Bertz CT molecular complexity index is 1390. The SMILES string of the molecule is CCc1cc2c(N)nc(-c3cccc(OCc4ccccc4)c3)nc2n1[C@H]1C[C@@H](CN2CCC(O)CC2)C1. The number of nitrogens with two attached hydrogens (primary N) is 1. The lowest BCUT2D eigenvalue weighted by Gasteiger charge is -2.41. The molecule has 1 aliphatic heterocycles. The summed E-state index contributed by atoms with van der Waals surface area (Å²) in [6.07, 6.45) is 4.91. The van der Waals surface area contributed by atoms with Crippen LogP contribution < -0.4 is 10.5 Å². The summed E-state index contributed by atoms with van der Waals surface area (Å²) in [5, 5.41) is 10.8. The molecule has 4 aromatic rings. The number of anilines is 1. The van der Waals surface area contributed by atoms with Crippen LogP contribution in [0.3, 0.4) is 0 Å². The zero-order valence-corrected chi connectivity index (χ0v) is 22.1. The van der Waals surface area contributed by atoms with Gasteiger partial charge in [0.25, 0.3) is 0 Å². The van der Waals surface area contributed by atoms with Crippen LogP contribution in [-0.4, -0.2) is 50.3 Å². The van der Waals surface area contributed by atoms with E-state index in [-0.39, 0.29) is 6.10 Å². The molecule has 38 heavy (non-hydrogen) atoms. The van der Waals surface area contributed by atoms with E-state index < -0.39 is 0 Å². The number of aliphatic hydroxyl groups is 1. The third-order valence-corrected chi connectivity index (χ3v) is 8.16. The number of aryl methyl sites for hydroxylation is 1. The molecule has 3 N–H and O–H groups in total. The Morgan fingerprint density at radius 3 is 2.55 bits per heavy atom. The fourth-order valence-corrected chi connectivity index (χ4v) is 5.97. The topological polar surface area (TPSA) is 89.4 Å². The molecule has 6 rings (SSSR count). The highest BCUT2D eigenvalue weighted by molar-refractivity contribution is 5.89. The molecule has 1 aliphatic carbocycles. The first-order valence-corrected chi connectivity index (χ1v) is 13.9. The number of likely N-dealkylation sites (tertiary alicyclic amines) is 1. The van der Waals surface area contributed by atoms with Gasteiger partial charge in [-0.2, -0.15) is 0 Å². The predicted molar refractivity (Wildman–Crippen MR) is 151 cm³/mol. The molecular formula is C31H37N5O2. The van der Waals surface area contributed by atoms with Crippen LogP contribution >= 0.6 is 0 Å². The summed E-state index contributed by atoms with van der Waals surface area (Å²) >= 11 is 0. The average molecular weight is 512 g/mol. The summed E-state index contributed by atoms with van der Waals surface area (Å²) < 4.78 is 8.47.